The van der Waals surface area contributed by atoms with Crippen LogP contribution in [0.4, 0.5) is 5.95 Å². The van der Waals surface area contributed by atoms with Gasteiger partial charge in [-0.2, -0.15) is 0 Å². The average Bonchev–Trinajstić information content (AvgIpc) is 2.61. The number of nitrogens with zero attached hydrogens (tertiary/aromatic N) is 3. The number of hydrogen-bond donors (Lipinski definition) is 1. The molecular weight excluding hydrogens is 188 g/mol. The molecule has 0 aliphatic carbocycles. The average molecular weight is 210 g/mol. The second-order valence-electron chi connectivity index (χ2n) is 3.93. The third-order valence-electron chi connectivity index (χ3n) is 2.71. The zero-order valence-corrected chi connectivity index (χ0v) is 10.2. The van der Waals surface area contributed by atoms with Crippen LogP contribution in [0.5, 0.6) is 0 Å². The molecule has 1 rings (SSSR count). The fraction of sp³-hybridized carbons (Fsp3) is 0.818. The van der Waals surface area contributed by atoms with Crippen LogP contribution in [0.1, 0.15) is 39.9 Å². The van der Waals surface area contributed by atoms with E-state index in [1.807, 2.05) is 0 Å². The lowest BCUT2D eigenvalue weighted by Crippen LogP contribution is -2.10. The molecule has 0 radical (unpaired) electrons. The Hall–Kier alpha value is -1.06. The van der Waals surface area contributed by atoms with Gasteiger partial charge in [0.2, 0.25) is 5.95 Å². The monoisotopic (exact) mass is 210 g/mol. The van der Waals surface area contributed by atoms with E-state index < -0.39 is 0 Å². The van der Waals surface area contributed by atoms with Gasteiger partial charge in [0.1, 0.15) is 5.82 Å². The van der Waals surface area contributed by atoms with E-state index in [4.69, 9.17) is 0 Å². The fourth-order valence-corrected chi connectivity index (χ4v) is 1.56. The highest BCUT2D eigenvalue weighted by molar-refractivity contribution is 5.25. The number of anilines is 1. The van der Waals surface area contributed by atoms with Crippen LogP contribution in [0.25, 0.3) is 0 Å². The van der Waals surface area contributed by atoms with Crippen molar-refractivity contribution in [2.75, 3.05) is 11.9 Å². The van der Waals surface area contributed by atoms with Gasteiger partial charge in [0.15, 0.2) is 0 Å². The lowest BCUT2D eigenvalue weighted by Gasteiger charge is -2.10. The molecule has 0 aliphatic rings. The third kappa shape index (κ3) is 2.94. The lowest BCUT2D eigenvalue weighted by atomic mass is 10.1. The van der Waals surface area contributed by atoms with Crippen molar-refractivity contribution in [3.8, 4) is 0 Å². The summed E-state index contributed by atoms with van der Waals surface area (Å²) < 4.78 is 2.16. The summed E-state index contributed by atoms with van der Waals surface area (Å²) in [5.74, 6) is 2.68. The summed E-state index contributed by atoms with van der Waals surface area (Å²) in [6, 6.07) is 0. The van der Waals surface area contributed by atoms with Crippen LogP contribution in [0.2, 0.25) is 0 Å². The second kappa shape index (κ2) is 5.73. The van der Waals surface area contributed by atoms with Crippen LogP contribution in [-0.4, -0.2) is 21.3 Å². The van der Waals surface area contributed by atoms with Crippen molar-refractivity contribution in [1.29, 1.82) is 0 Å². The molecule has 0 saturated heterocycles. The number of hydrogen-bond acceptors (Lipinski definition) is 3. The van der Waals surface area contributed by atoms with E-state index in [0.29, 0.717) is 5.92 Å². The highest BCUT2D eigenvalue weighted by Crippen LogP contribution is 2.13. The quantitative estimate of drug-likeness (QED) is 0.783. The van der Waals surface area contributed by atoms with E-state index in [1.165, 1.54) is 6.42 Å². The van der Waals surface area contributed by atoms with Gasteiger partial charge in [-0.05, 0) is 19.8 Å². The SMILES string of the molecule is CCNc1nnc(CC(C)CC)n1CC. The van der Waals surface area contributed by atoms with Gasteiger partial charge in [0, 0.05) is 19.5 Å². The molecule has 0 amide bonds. The Bertz CT molecular complexity index is 293. The Morgan fingerprint density at radius 2 is 2.00 bits per heavy atom. The number of nitrogens with one attached hydrogen (secondary N) is 1. The standard InChI is InChI=1S/C11H22N4/c1-5-9(4)8-10-13-14-11(12-6-2)15(10)7-3/h9H,5-8H2,1-4H3,(H,12,14). The largest absolute Gasteiger partial charge is 0.355 e. The van der Waals surface area contributed by atoms with E-state index in [1.54, 1.807) is 0 Å². The fourth-order valence-electron chi connectivity index (χ4n) is 1.56. The highest BCUT2D eigenvalue weighted by Gasteiger charge is 2.11. The molecule has 15 heavy (non-hydrogen) atoms. The summed E-state index contributed by atoms with van der Waals surface area (Å²) in [5, 5.41) is 11.6. The van der Waals surface area contributed by atoms with Crippen LogP contribution in [0.15, 0.2) is 0 Å². The molecule has 4 heteroatoms. The van der Waals surface area contributed by atoms with Crippen LogP contribution in [0, 0.1) is 5.92 Å². The molecule has 1 atom stereocenters. The van der Waals surface area contributed by atoms with E-state index in [2.05, 4.69) is 47.8 Å². The van der Waals surface area contributed by atoms with Gasteiger partial charge < -0.3 is 5.32 Å². The molecule has 1 heterocycles. The van der Waals surface area contributed by atoms with Crippen LogP contribution >= 0.6 is 0 Å². The van der Waals surface area contributed by atoms with Crippen molar-refractivity contribution in [3.05, 3.63) is 5.82 Å². The maximum atomic E-state index is 4.24. The first-order valence-corrected chi connectivity index (χ1v) is 5.88. The van der Waals surface area contributed by atoms with Gasteiger partial charge in [-0.3, -0.25) is 4.57 Å². The molecule has 0 bridgehead atoms. The zero-order valence-electron chi connectivity index (χ0n) is 10.2. The molecule has 0 saturated carbocycles. The molecule has 1 unspecified atom stereocenters. The van der Waals surface area contributed by atoms with Crippen molar-refractivity contribution >= 4 is 5.95 Å². The predicted octanol–water partition coefficient (Wildman–Crippen LogP) is 2.32. The molecule has 4 nitrogen and oxygen atoms in total. The Balaban J connectivity index is 2.79. The zero-order chi connectivity index (χ0) is 11.3. The predicted molar refractivity (Wildman–Crippen MR) is 63.0 cm³/mol. The summed E-state index contributed by atoms with van der Waals surface area (Å²) in [6.45, 7) is 10.5. The molecule has 1 aromatic heterocycles. The summed E-state index contributed by atoms with van der Waals surface area (Å²) in [5.41, 5.74) is 0. The molecule has 0 spiro atoms. The van der Waals surface area contributed by atoms with Gasteiger partial charge in [-0.1, -0.05) is 20.3 Å². The molecule has 0 aliphatic heterocycles. The van der Waals surface area contributed by atoms with E-state index in [0.717, 1.165) is 31.3 Å². The van der Waals surface area contributed by atoms with Gasteiger partial charge in [-0.25, -0.2) is 0 Å². The highest BCUT2D eigenvalue weighted by atomic mass is 15.3. The van der Waals surface area contributed by atoms with Gasteiger partial charge >= 0.3 is 0 Å². The minimum atomic E-state index is 0.675. The summed E-state index contributed by atoms with van der Waals surface area (Å²) >= 11 is 0. The molecular formula is C11H22N4. The summed E-state index contributed by atoms with van der Waals surface area (Å²) in [6.07, 6.45) is 2.20. The third-order valence-corrected chi connectivity index (χ3v) is 2.71. The normalized spacial score (nSPS) is 12.8. The first kappa shape index (κ1) is 12.0. The summed E-state index contributed by atoms with van der Waals surface area (Å²) in [7, 11) is 0. The van der Waals surface area contributed by atoms with Crippen molar-refractivity contribution < 1.29 is 0 Å². The Labute approximate surface area is 92.1 Å². The topological polar surface area (TPSA) is 42.7 Å². The molecule has 0 aromatic carbocycles. The first-order valence-electron chi connectivity index (χ1n) is 5.88. The second-order valence-corrected chi connectivity index (χ2v) is 3.93. The molecule has 0 fully saturated rings. The van der Waals surface area contributed by atoms with Crippen LogP contribution < -0.4 is 5.32 Å². The Morgan fingerprint density at radius 1 is 1.27 bits per heavy atom. The van der Waals surface area contributed by atoms with Crippen molar-refractivity contribution in [2.45, 2.75) is 47.1 Å². The summed E-state index contributed by atoms with van der Waals surface area (Å²) in [4.78, 5) is 0. The minimum Gasteiger partial charge on any atom is -0.355 e. The van der Waals surface area contributed by atoms with Crippen LogP contribution in [0.3, 0.4) is 0 Å². The van der Waals surface area contributed by atoms with E-state index >= 15 is 0 Å². The first-order chi connectivity index (χ1) is 7.22. The van der Waals surface area contributed by atoms with Crippen molar-refractivity contribution in [1.82, 2.24) is 14.8 Å². The van der Waals surface area contributed by atoms with Crippen molar-refractivity contribution in [2.24, 2.45) is 5.92 Å². The Morgan fingerprint density at radius 3 is 2.53 bits per heavy atom. The number of aromatic nitrogens is 3. The van der Waals surface area contributed by atoms with E-state index in [-0.39, 0.29) is 0 Å². The van der Waals surface area contributed by atoms with E-state index in [9.17, 15) is 0 Å². The number of rotatable bonds is 6. The lowest BCUT2D eigenvalue weighted by molar-refractivity contribution is 0.524. The van der Waals surface area contributed by atoms with Gasteiger partial charge in [-0.15, -0.1) is 10.2 Å². The molecule has 86 valence electrons. The molecule has 1 N–H and O–H groups in total. The maximum absolute atomic E-state index is 4.24. The smallest absolute Gasteiger partial charge is 0.224 e. The van der Waals surface area contributed by atoms with Crippen molar-refractivity contribution in [3.63, 3.8) is 0 Å². The Kier molecular flexibility index (Phi) is 4.59. The van der Waals surface area contributed by atoms with Gasteiger partial charge in [0.05, 0.1) is 0 Å². The molecule has 1 aromatic rings. The maximum Gasteiger partial charge on any atom is 0.224 e. The van der Waals surface area contributed by atoms with Crippen LogP contribution in [-0.2, 0) is 13.0 Å². The minimum absolute atomic E-state index is 0.675. The van der Waals surface area contributed by atoms with Gasteiger partial charge in [0.25, 0.3) is 0 Å².